The Morgan fingerprint density at radius 2 is 1.92 bits per heavy atom. The third-order valence-corrected chi connectivity index (χ3v) is 6.75. The number of nitrogens with zero attached hydrogens (tertiary/aromatic N) is 4. The molecule has 3 heterocycles. The first kappa shape index (κ1) is 27.1. The number of carboxylic acids is 1. The van der Waals surface area contributed by atoms with Crippen LogP contribution in [0.5, 0.6) is 0 Å². The molecule has 1 atom stereocenters. The van der Waals surface area contributed by atoms with E-state index in [1.54, 1.807) is 0 Å². The second kappa shape index (κ2) is 9.88. The molecule has 194 valence electrons. The number of pyridine rings is 2. The Bertz CT molecular complexity index is 1290. The van der Waals surface area contributed by atoms with Gasteiger partial charge >= 0.3 is 5.97 Å². The van der Waals surface area contributed by atoms with Crippen LogP contribution >= 0.6 is 0 Å². The van der Waals surface area contributed by atoms with Crippen molar-refractivity contribution in [2.24, 2.45) is 5.92 Å². The van der Waals surface area contributed by atoms with Crippen LogP contribution in [0.15, 0.2) is 30.3 Å². The van der Waals surface area contributed by atoms with E-state index in [9.17, 15) is 23.1 Å². The van der Waals surface area contributed by atoms with Crippen molar-refractivity contribution in [3.63, 3.8) is 0 Å². The smallest absolute Gasteiger partial charge is 0.328 e. The lowest BCUT2D eigenvalue weighted by Crippen LogP contribution is -2.41. The number of carbonyl (C=O) groups excluding carboxylic acids is 1. The van der Waals surface area contributed by atoms with E-state index in [1.165, 1.54) is 30.3 Å². The van der Waals surface area contributed by atoms with E-state index in [-0.39, 0.29) is 22.7 Å². The molecule has 0 saturated carbocycles. The molecule has 3 rings (SSSR count). The molecule has 36 heavy (non-hydrogen) atoms. The lowest BCUT2D eigenvalue weighted by atomic mass is 9.87. The van der Waals surface area contributed by atoms with E-state index in [2.05, 4.69) is 11.9 Å². The fourth-order valence-electron chi connectivity index (χ4n) is 4.66. The van der Waals surface area contributed by atoms with E-state index in [1.807, 2.05) is 39.5 Å². The summed E-state index contributed by atoms with van der Waals surface area (Å²) in [7, 11) is -3.42. The summed E-state index contributed by atoms with van der Waals surface area (Å²) in [5.41, 5.74) is 5.91. The highest BCUT2D eigenvalue weighted by molar-refractivity contribution is 7.75. The van der Waals surface area contributed by atoms with Gasteiger partial charge in [-0.1, -0.05) is 33.8 Å². The normalized spacial score (nSPS) is 17.6. The number of hydrogen-bond donors (Lipinski definition) is 3. The van der Waals surface area contributed by atoms with Gasteiger partial charge in [-0.25, -0.2) is 23.2 Å². The Labute approximate surface area is 212 Å². The fourth-order valence-corrected chi connectivity index (χ4v) is 5.20. The number of carboxylic acid groups (broad SMARTS) is 1. The van der Waals surface area contributed by atoms with Crippen LogP contribution in [0.3, 0.4) is 0 Å². The van der Waals surface area contributed by atoms with Gasteiger partial charge in [-0.3, -0.25) is 4.79 Å². The zero-order chi connectivity index (χ0) is 27.0. The maximum absolute atomic E-state index is 13.9. The second-order valence-corrected chi connectivity index (χ2v) is 11.6. The van der Waals surface area contributed by atoms with Crippen LogP contribution in [0.1, 0.15) is 69.6 Å². The van der Waals surface area contributed by atoms with Crippen molar-refractivity contribution in [1.82, 2.24) is 9.97 Å². The summed E-state index contributed by atoms with van der Waals surface area (Å²) < 4.78 is 25.2. The number of nitrogens with two attached hydrogens (primary N) is 1. The minimum Gasteiger partial charge on any atom is -0.478 e. The second-order valence-electron chi connectivity index (χ2n) is 10.7. The number of nitrogen functional groups attached to an aromatic ring is 1. The maximum Gasteiger partial charge on any atom is 0.328 e. The Balaban J connectivity index is 2.34. The first-order valence-corrected chi connectivity index (χ1v) is 12.7. The molecule has 0 spiro atoms. The van der Waals surface area contributed by atoms with Gasteiger partial charge in [-0.15, -0.1) is 0 Å². The molecule has 1 fully saturated rings. The van der Waals surface area contributed by atoms with Crippen LogP contribution in [0.2, 0.25) is 0 Å². The number of hydrogen-bond acceptors (Lipinski definition) is 8. The first-order valence-electron chi connectivity index (χ1n) is 11.6. The van der Waals surface area contributed by atoms with Gasteiger partial charge in [0, 0.05) is 23.6 Å². The Hall–Kier alpha value is -3.47. The predicted octanol–water partition coefficient (Wildman–Crippen LogP) is 3.25. The molecular formula is C25H33N5O5S. The molecule has 2 aromatic rings. The number of carbonyl (C=O) groups is 2. The molecule has 0 radical (unpaired) electrons. The Morgan fingerprint density at radius 3 is 2.42 bits per heavy atom. The number of rotatable bonds is 6. The summed E-state index contributed by atoms with van der Waals surface area (Å²) in [6, 6.07) is 5.88. The van der Waals surface area contributed by atoms with Crippen molar-refractivity contribution in [2.45, 2.75) is 58.9 Å². The quantitative estimate of drug-likeness (QED) is 0.389. The van der Waals surface area contributed by atoms with E-state index >= 15 is 0 Å². The number of aromatic nitrogens is 2. The van der Waals surface area contributed by atoms with Crippen LogP contribution in [0, 0.1) is 5.92 Å². The average Bonchev–Trinajstić information content (AvgIpc) is 3.02. The highest BCUT2D eigenvalue weighted by Crippen LogP contribution is 2.40. The minimum atomic E-state index is -3.42. The van der Waals surface area contributed by atoms with Crippen molar-refractivity contribution in [2.75, 3.05) is 21.5 Å². The molecule has 0 aliphatic carbocycles. The van der Waals surface area contributed by atoms with Gasteiger partial charge in [0.25, 0.3) is 5.91 Å². The number of anilines is 3. The molecule has 1 amide bonds. The zero-order valence-corrected chi connectivity index (χ0v) is 22.2. The summed E-state index contributed by atoms with van der Waals surface area (Å²) >= 11 is 0. The lowest BCUT2D eigenvalue weighted by molar-refractivity contribution is -0.131. The van der Waals surface area contributed by atoms with Crippen LogP contribution in [0.25, 0.3) is 6.08 Å². The van der Waals surface area contributed by atoms with Crippen LogP contribution in [-0.4, -0.2) is 47.5 Å². The topological polar surface area (TPSA) is 147 Å². The molecule has 3 N–H and O–H groups in total. The molecule has 10 nitrogen and oxygen atoms in total. The maximum atomic E-state index is 13.9. The van der Waals surface area contributed by atoms with Gasteiger partial charge in [0.1, 0.15) is 11.6 Å². The summed E-state index contributed by atoms with van der Waals surface area (Å²) in [5, 5.41) is 9.22. The van der Waals surface area contributed by atoms with Crippen molar-refractivity contribution >= 4 is 46.3 Å². The van der Waals surface area contributed by atoms with Crippen LogP contribution < -0.4 is 14.9 Å². The lowest BCUT2D eigenvalue weighted by Gasteiger charge is -2.35. The molecule has 1 saturated heterocycles. The zero-order valence-electron chi connectivity index (χ0n) is 21.3. The number of amides is 1. The molecule has 1 unspecified atom stereocenters. The predicted molar refractivity (Wildman–Crippen MR) is 141 cm³/mol. The van der Waals surface area contributed by atoms with E-state index in [0.717, 1.165) is 12.5 Å². The Kier molecular flexibility index (Phi) is 7.45. The van der Waals surface area contributed by atoms with Gasteiger partial charge in [0.15, 0.2) is 5.82 Å². The van der Waals surface area contributed by atoms with Crippen LogP contribution in [-0.2, 0) is 21.1 Å². The van der Waals surface area contributed by atoms with Gasteiger partial charge in [0.2, 0.25) is 10.9 Å². The van der Waals surface area contributed by atoms with Crippen LogP contribution in [0.4, 0.5) is 17.5 Å². The van der Waals surface area contributed by atoms with Crippen molar-refractivity contribution in [1.29, 1.82) is 0 Å². The number of thiol groups is 1. The van der Waals surface area contributed by atoms with E-state index in [4.69, 9.17) is 10.7 Å². The molecule has 0 aromatic carbocycles. The summed E-state index contributed by atoms with van der Waals surface area (Å²) in [6.07, 6.45) is 3.19. The van der Waals surface area contributed by atoms with E-state index < -0.39 is 28.2 Å². The monoisotopic (exact) mass is 515 g/mol. The molecule has 1 aliphatic heterocycles. The fraction of sp³-hybridized carbons (Fsp3) is 0.440. The summed E-state index contributed by atoms with van der Waals surface area (Å²) in [6.45, 7) is 12.6. The molecule has 0 bridgehead atoms. The summed E-state index contributed by atoms with van der Waals surface area (Å²) in [5.74, 6) is -1.43. The highest BCUT2D eigenvalue weighted by atomic mass is 32.2. The van der Waals surface area contributed by atoms with Crippen molar-refractivity contribution in [3.05, 3.63) is 47.2 Å². The standard InChI is InChI=1S/C25H33N5O5S/c1-15-13-25(5,6)29(14-15)22-17(12-16(10-11-20(31)32)21(28-22)24(2,3)4)23(33)30(36(34)35)19-9-7-8-18(26)27-19/h7-12,15,36H,13-14H2,1-6H3,(H2,26,27)(H,31,32). The third kappa shape index (κ3) is 5.67. The van der Waals surface area contributed by atoms with Gasteiger partial charge in [0.05, 0.1) is 11.3 Å². The first-order chi connectivity index (χ1) is 16.6. The average molecular weight is 516 g/mol. The Morgan fingerprint density at radius 1 is 1.25 bits per heavy atom. The molecule has 1 aliphatic rings. The largest absolute Gasteiger partial charge is 0.478 e. The van der Waals surface area contributed by atoms with Crippen molar-refractivity contribution < 1.29 is 23.1 Å². The highest BCUT2D eigenvalue weighted by Gasteiger charge is 2.40. The van der Waals surface area contributed by atoms with E-state index in [0.29, 0.717) is 33.8 Å². The number of aliphatic carboxylic acids is 1. The molecule has 11 heteroatoms. The third-order valence-electron chi connectivity index (χ3n) is 6.04. The van der Waals surface area contributed by atoms with Gasteiger partial charge < -0.3 is 15.7 Å². The van der Waals surface area contributed by atoms with Crippen molar-refractivity contribution in [3.8, 4) is 0 Å². The van der Waals surface area contributed by atoms with Gasteiger partial charge in [-0.05, 0) is 56.0 Å². The van der Waals surface area contributed by atoms with Gasteiger partial charge in [-0.2, -0.15) is 4.31 Å². The minimum absolute atomic E-state index is 0.0265. The SMILES string of the molecule is CC1CN(c2nc(C(C)(C)C)c(C=CC(=O)O)cc2C(=O)N(c2cccc(N)n2)[SH](=O)=O)C(C)(C)C1. The summed E-state index contributed by atoms with van der Waals surface area (Å²) in [4.78, 5) is 36.1. The molecular weight excluding hydrogens is 482 g/mol. The molecule has 2 aromatic heterocycles.